The minimum atomic E-state index is -0.556. The van der Waals surface area contributed by atoms with Crippen molar-refractivity contribution >= 4 is 45.5 Å². The zero-order valence-corrected chi connectivity index (χ0v) is 41.0. The summed E-state index contributed by atoms with van der Waals surface area (Å²) in [4.78, 5) is 36.9. The van der Waals surface area contributed by atoms with E-state index in [-0.39, 0.29) is 70.5 Å². The standard InChI is InChI=1S/C12H16N2O3.C12H20N2O.C11H18N2O2.C8H7ClN2O2.C4H10O/c1-5-9(4)17-10-6-7-13-11(8(2)3)12(10)14(15)16;1-5-9(4)15-10-6-7-14-12(8(2)3)11(10)13;1-7(2)11-10(12)9(4-5-13-11)15-8(3)6-14;1-5(2)7-8(11(12)13)6(9)3-4-10-7;1-3-4(2)5/h6-7,9H,2,5H2,1,3-4H3;6-9H,5,13H2,1-4H3;4-5,7-8,14H,6,12H2,1-3H3;3-4H,1H2,2H3;4-5H,3H2,1-2H3/t2*9-;8-;;4-/m000.0/s1. The van der Waals surface area contributed by atoms with Gasteiger partial charge >= 0.3 is 11.4 Å². The molecule has 4 aromatic heterocycles. The van der Waals surface area contributed by atoms with Gasteiger partial charge in [-0.25, -0.2) is 9.97 Å². The summed E-state index contributed by atoms with van der Waals surface area (Å²) in [5.41, 5.74) is 16.2. The lowest BCUT2D eigenvalue weighted by Crippen LogP contribution is -2.17. The van der Waals surface area contributed by atoms with E-state index in [0.29, 0.717) is 34.2 Å². The molecule has 18 heteroatoms. The van der Waals surface area contributed by atoms with Crippen molar-refractivity contribution in [1.29, 1.82) is 0 Å². The minimum absolute atomic E-state index is 0.0290. The number of nitrogen functional groups attached to an aromatic ring is 2. The van der Waals surface area contributed by atoms with Crippen molar-refractivity contribution in [3.05, 3.63) is 110 Å². The van der Waals surface area contributed by atoms with Gasteiger partial charge < -0.3 is 35.9 Å². The van der Waals surface area contributed by atoms with Crippen LogP contribution < -0.4 is 25.7 Å². The molecule has 360 valence electrons. The maximum Gasteiger partial charge on any atom is 0.336 e. The number of hydrogen-bond donors (Lipinski definition) is 4. The van der Waals surface area contributed by atoms with Crippen molar-refractivity contribution < 1.29 is 34.3 Å². The number of rotatable bonds is 16. The predicted octanol–water partition coefficient (Wildman–Crippen LogP) is 11.2. The van der Waals surface area contributed by atoms with E-state index in [1.54, 1.807) is 46.2 Å². The summed E-state index contributed by atoms with van der Waals surface area (Å²) < 4.78 is 16.7. The molecule has 4 heterocycles. The van der Waals surface area contributed by atoms with Gasteiger partial charge in [-0.2, -0.15) is 0 Å². The number of aliphatic hydroxyl groups is 2. The molecule has 0 bridgehead atoms. The van der Waals surface area contributed by atoms with E-state index >= 15 is 0 Å². The third-order valence-electron chi connectivity index (χ3n) is 8.97. The van der Waals surface area contributed by atoms with Crippen LogP contribution in [-0.2, 0) is 0 Å². The van der Waals surface area contributed by atoms with Crippen LogP contribution in [0.1, 0.15) is 144 Å². The van der Waals surface area contributed by atoms with Gasteiger partial charge in [0.1, 0.15) is 34.0 Å². The fourth-order valence-corrected chi connectivity index (χ4v) is 5.07. The highest BCUT2D eigenvalue weighted by Crippen LogP contribution is 2.34. The molecular weight excluding hydrogens is 856 g/mol. The Morgan fingerprint density at radius 2 is 0.985 bits per heavy atom. The fourth-order valence-electron chi connectivity index (χ4n) is 4.86. The van der Waals surface area contributed by atoms with Gasteiger partial charge in [0.25, 0.3) is 0 Å². The summed E-state index contributed by atoms with van der Waals surface area (Å²) in [6.45, 7) is 32.2. The largest absolute Gasteiger partial charge is 0.488 e. The summed E-state index contributed by atoms with van der Waals surface area (Å²) in [5, 5.41) is 39.0. The Morgan fingerprint density at radius 1 is 0.646 bits per heavy atom. The number of ether oxygens (including phenoxy) is 3. The van der Waals surface area contributed by atoms with Gasteiger partial charge in [-0.3, -0.25) is 30.2 Å². The quantitative estimate of drug-likeness (QED) is 0.0601. The molecule has 6 N–H and O–H groups in total. The van der Waals surface area contributed by atoms with Crippen molar-refractivity contribution in [3.8, 4) is 17.2 Å². The first kappa shape index (κ1) is 59.1. The van der Waals surface area contributed by atoms with E-state index < -0.39 is 9.85 Å². The Hall–Kier alpha value is -5.91. The summed E-state index contributed by atoms with van der Waals surface area (Å²) in [5.74, 6) is 2.18. The number of halogens is 1. The fraction of sp³-hybridized carbons (Fsp3) is 0.489. The second kappa shape index (κ2) is 30.3. The number of anilines is 2. The summed E-state index contributed by atoms with van der Waals surface area (Å²) in [7, 11) is 0. The number of pyridine rings is 4. The Labute approximate surface area is 389 Å². The van der Waals surface area contributed by atoms with Crippen LogP contribution in [0.2, 0.25) is 5.02 Å². The number of nitrogens with zero attached hydrogens (tertiary/aromatic N) is 6. The molecule has 17 nitrogen and oxygen atoms in total. The van der Waals surface area contributed by atoms with E-state index in [4.69, 9.17) is 47.5 Å². The number of aliphatic hydroxyl groups excluding tert-OH is 2. The Morgan fingerprint density at radius 3 is 1.31 bits per heavy atom. The van der Waals surface area contributed by atoms with Gasteiger partial charge in [0, 0.05) is 43.0 Å². The van der Waals surface area contributed by atoms with E-state index in [2.05, 4.69) is 53.9 Å². The van der Waals surface area contributed by atoms with Gasteiger partial charge in [-0.15, -0.1) is 0 Å². The molecule has 4 atom stereocenters. The average Bonchev–Trinajstić information content (AvgIpc) is 3.25. The van der Waals surface area contributed by atoms with Crippen molar-refractivity contribution in [1.82, 2.24) is 19.9 Å². The zero-order chi connectivity index (χ0) is 50.1. The average molecular weight is 928 g/mol. The SMILES string of the molecule is C=C(C)c1nccc(Cl)c1[N+](=O)[O-].C=C(C)c1nccc(O[C@@H](C)CC)c1[N+](=O)[O-].CC(C)c1nccc(O[C@@H](C)CO)c1N.CC[C@H](C)O.CC[C@H](C)Oc1ccnc(C(C)C)c1N. The summed E-state index contributed by atoms with van der Waals surface area (Å²) in [6, 6.07) is 6.43. The highest BCUT2D eigenvalue weighted by molar-refractivity contribution is 6.32. The second-order valence-corrected chi connectivity index (χ2v) is 16.0. The molecule has 0 aliphatic carbocycles. The zero-order valence-electron chi connectivity index (χ0n) is 40.3. The number of hydrogen-bond acceptors (Lipinski definition) is 15. The topological polar surface area (TPSA) is 258 Å². The Balaban J connectivity index is 0.000000813. The highest BCUT2D eigenvalue weighted by atomic mass is 35.5. The third kappa shape index (κ3) is 20.6. The van der Waals surface area contributed by atoms with Crippen molar-refractivity contribution in [3.63, 3.8) is 0 Å². The van der Waals surface area contributed by atoms with E-state index in [1.165, 1.54) is 24.5 Å². The van der Waals surface area contributed by atoms with Gasteiger partial charge in [-0.05, 0) is 89.9 Å². The number of allylic oxidation sites excluding steroid dienone is 2. The normalized spacial score (nSPS) is 12.2. The lowest BCUT2D eigenvalue weighted by molar-refractivity contribution is -0.386. The molecule has 0 aromatic carbocycles. The lowest BCUT2D eigenvalue weighted by atomic mass is 10.1. The van der Waals surface area contributed by atoms with Gasteiger partial charge in [0.05, 0.1) is 57.5 Å². The van der Waals surface area contributed by atoms with E-state index in [0.717, 1.165) is 36.4 Å². The molecule has 0 spiro atoms. The van der Waals surface area contributed by atoms with E-state index in [1.807, 2.05) is 47.6 Å². The predicted molar refractivity (Wildman–Crippen MR) is 262 cm³/mol. The van der Waals surface area contributed by atoms with Crippen LogP contribution in [0, 0.1) is 20.2 Å². The van der Waals surface area contributed by atoms with Crippen LogP contribution >= 0.6 is 11.6 Å². The van der Waals surface area contributed by atoms with Crippen molar-refractivity contribution in [2.75, 3.05) is 18.1 Å². The first-order chi connectivity index (χ1) is 30.4. The Bertz CT molecular complexity index is 2050. The molecule has 4 aromatic rings. The van der Waals surface area contributed by atoms with E-state index in [9.17, 15) is 20.2 Å². The monoisotopic (exact) mass is 927 g/mol. The maximum absolute atomic E-state index is 11.1. The molecule has 0 saturated carbocycles. The van der Waals surface area contributed by atoms with Crippen LogP contribution in [0.5, 0.6) is 17.2 Å². The summed E-state index contributed by atoms with van der Waals surface area (Å²) >= 11 is 5.65. The molecule has 4 rings (SSSR count). The second-order valence-electron chi connectivity index (χ2n) is 15.6. The van der Waals surface area contributed by atoms with Crippen molar-refractivity contribution in [2.45, 2.75) is 146 Å². The van der Waals surface area contributed by atoms with Crippen LogP contribution in [0.4, 0.5) is 22.7 Å². The highest BCUT2D eigenvalue weighted by Gasteiger charge is 2.24. The number of aromatic nitrogens is 4. The van der Waals surface area contributed by atoms with Crippen molar-refractivity contribution in [2.24, 2.45) is 0 Å². The van der Waals surface area contributed by atoms with Gasteiger partial charge in [-0.1, -0.05) is 73.2 Å². The third-order valence-corrected chi connectivity index (χ3v) is 9.28. The van der Waals surface area contributed by atoms with Gasteiger partial charge in [0.15, 0.2) is 0 Å². The number of nitrogens with two attached hydrogens (primary N) is 2. The Kier molecular flexibility index (Phi) is 27.5. The maximum atomic E-state index is 11.1. The molecule has 0 saturated heterocycles. The molecular formula is C47H71ClN8O9. The molecule has 65 heavy (non-hydrogen) atoms. The molecule has 0 aliphatic rings. The first-order valence-electron chi connectivity index (χ1n) is 21.4. The molecule has 0 amide bonds. The number of nitro groups is 2. The van der Waals surface area contributed by atoms with Gasteiger partial charge in [0.2, 0.25) is 5.75 Å². The molecule has 0 fully saturated rings. The van der Waals surface area contributed by atoms with Crippen LogP contribution in [-0.4, -0.2) is 71.0 Å². The van der Waals surface area contributed by atoms with Crippen LogP contribution in [0.25, 0.3) is 11.1 Å². The summed E-state index contributed by atoms with van der Waals surface area (Å²) in [6.07, 6.45) is 8.69. The molecule has 0 unspecified atom stereocenters. The lowest BCUT2D eigenvalue weighted by Gasteiger charge is -2.16. The molecule has 0 aliphatic heterocycles. The van der Waals surface area contributed by atoms with Crippen LogP contribution in [0.3, 0.4) is 0 Å². The smallest absolute Gasteiger partial charge is 0.336 e. The molecule has 0 radical (unpaired) electrons. The van der Waals surface area contributed by atoms with Crippen LogP contribution in [0.15, 0.2) is 62.2 Å². The first-order valence-corrected chi connectivity index (χ1v) is 21.8. The minimum Gasteiger partial charge on any atom is -0.488 e.